The minimum absolute atomic E-state index is 0.238. The second kappa shape index (κ2) is 4.87. The van der Waals surface area contributed by atoms with E-state index < -0.39 is 0 Å². The van der Waals surface area contributed by atoms with Gasteiger partial charge >= 0.3 is 0 Å². The number of halogens is 1. The van der Waals surface area contributed by atoms with Crippen LogP contribution in [-0.2, 0) is 11.3 Å². The SMILES string of the molecule is Cc1ccoc1CN(C)C(=O)C#CBr. The van der Waals surface area contributed by atoms with Crippen molar-refractivity contribution in [3.05, 3.63) is 23.7 Å². The first-order valence-electron chi connectivity index (χ1n) is 4.05. The molecule has 0 spiro atoms. The molecule has 3 nitrogen and oxygen atoms in total. The lowest BCUT2D eigenvalue weighted by Gasteiger charge is -2.11. The average molecular weight is 256 g/mol. The van der Waals surface area contributed by atoms with Crippen LogP contribution in [0.2, 0.25) is 0 Å². The summed E-state index contributed by atoms with van der Waals surface area (Å²) in [5.74, 6) is 2.94. The molecule has 0 fully saturated rings. The Balaban J connectivity index is 2.64. The van der Waals surface area contributed by atoms with Crippen LogP contribution in [0.5, 0.6) is 0 Å². The van der Waals surface area contributed by atoms with Gasteiger partial charge in [-0.25, -0.2) is 0 Å². The van der Waals surface area contributed by atoms with Crippen LogP contribution in [-0.4, -0.2) is 17.9 Å². The molecule has 1 aromatic rings. The van der Waals surface area contributed by atoms with Crippen LogP contribution in [0.3, 0.4) is 0 Å². The molecule has 0 N–H and O–H groups in total. The third-order valence-corrected chi connectivity index (χ3v) is 2.05. The summed E-state index contributed by atoms with van der Waals surface area (Å²) in [6.07, 6.45) is 1.61. The highest BCUT2D eigenvalue weighted by molar-refractivity contribution is 9.12. The molecular weight excluding hydrogens is 246 g/mol. The maximum atomic E-state index is 11.3. The van der Waals surface area contributed by atoms with Gasteiger partial charge in [-0.15, -0.1) is 0 Å². The van der Waals surface area contributed by atoms with E-state index in [2.05, 4.69) is 26.7 Å². The Morgan fingerprint density at radius 2 is 2.43 bits per heavy atom. The predicted molar refractivity (Wildman–Crippen MR) is 56.6 cm³/mol. The van der Waals surface area contributed by atoms with Crippen LogP contribution in [0.15, 0.2) is 16.7 Å². The molecule has 0 saturated heterocycles. The van der Waals surface area contributed by atoms with E-state index in [0.717, 1.165) is 11.3 Å². The Kier molecular flexibility index (Phi) is 3.78. The number of carbonyl (C=O) groups is 1. The lowest BCUT2D eigenvalue weighted by Crippen LogP contribution is -2.24. The predicted octanol–water partition coefficient (Wildman–Crippen LogP) is 1.90. The van der Waals surface area contributed by atoms with Crippen LogP contribution in [0.1, 0.15) is 11.3 Å². The molecule has 74 valence electrons. The third kappa shape index (κ3) is 2.64. The van der Waals surface area contributed by atoms with Crippen molar-refractivity contribution in [1.82, 2.24) is 4.90 Å². The second-order valence-electron chi connectivity index (χ2n) is 2.91. The van der Waals surface area contributed by atoms with Gasteiger partial charge < -0.3 is 9.32 Å². The molecule has 0 bridgehead atoms. The van der Waals surface area contributed by atoms with Gasteiger partial charge in [0.1, 0.15) is 5.76 Å². The first kappa shape index (κ1) is 10.9. The molecule has 1 rings (SSSR count). The second-order valence-corrected chi connectivity index (χ2v) is 3.30. The molecule has 1 heterocycles. The molecule has 1 aromatic heterocycles. The molecule has 0 aliphatic carbocycles. The Morgan fingerprint density at radius 1 is 1.71 bits per heavy atom. The number of hydrogen-bond acceptors (Lipinski definition) is 2. The number of hydrogen-bond donors (Lipinski definition) is 0. The number of aryl methyl sites for hydroxylation is 1. The van der Waals surface area contributed by atoms with Gasteiger partial charge in [0.2, 0.25) is 0 Å². The number of furan rings is 1. The summed E-state index contributed by atoms with van der Waals surface area (Å²) < 4.78 is 5.21. The van der Waals surface area contributed by atoms with E-state index in [1.165, 1.54) is 4.90 Å². The van der Waals surface area contributed by atoms with Crippen molar-refractivity contribution < 1.29 is 9.21 Å². The monoisotopic (exact) mass is 255 g/mol. The summed E-state index contributed by atoms with van der Waals surface area (Å²) in [5, 5.41) is 0. The maximum Gasteiger partial charge on any atom is 0.299 e. The molecule has 0 saturated carbocycles. The third-order valence-electron chi connectivity index (χ3n) is 1.85. The van der Waals surface area contributed by atoms with E-state index in [4.69, 9.17) is 4.42 Å². The van der Waals surface area contributed by atoms with E-state index in [1.54, 1.807) is 13.3 Å². The number of carbonyl (C=O) groups excluding carboxylic acids is 1. The van der Waals surface area contributed by atoms with Crippen LogP contribution in [0.25, 0.3) is 0 Å². The van der Waals surface area contributed by atoms with Crippen LogP contribution >= 0.6 is 15.9 Å². The Morgan fingerprint density at radius 3 is 2.93 bits per heavy atom. The fraction of sp³-hybridized carbons (Fsp3) is 0.300. The summed E-state index contributed by atoms with van der Waals surface area (Å²) in [5.41, 5.74) is 1.04. The van der Waals surface area contributed by atoms with E-state index in [9.17, 15) is 4.79 Å². The summed E-state index contributed by atoms with van der Waals surface area (Å²) in [4.78, 5) is 15.1. The molecular formula is C10H10BrNO2. The molecule has 1 amide bonds. The molecule has 0 aromatic carbocycles. The van der Waals surface area contributed by atoms with Crippen LogP contribution < -0.4 is 0 Å². The van der Waals surface area contributed by atoms with Gasteiger partial charge in [0.25, 0.3) is 5.91 Å². The van der Waals surface area contributed by atoms with Gasteiger partial charge in [-0.1, -0.05) is 0 Å². The minimum Gasteiger partial charge on any atom is -0.467 e. The maximum absolute atomic E-state index is 11.3. The summed E-state index contributed by atoms with van der Waals surface area (Å²) in [7, 11) is 1.68. The van der Waals surface area contributed by atoms with Crippen molar-refractivity contribution in [1.29, 1.82) is 0 Å². The molecule has 0 aliphatic heterocycles. The van der Waals surface area contributed by atoms with Crippen molar-refractivity contribution in [2.75, 3.05) is 7.05 Å². The first-order valence-corrected chi connectivity index (χ1v) is 4.84. The highest BCUT2D eigenvalue weighted by atomic mass is 79.9. The van der Waals surface area contributed by atoms with E-state index in [0.29, 0.717) is 6.54 Å². The fourth-order valence-electron chi connectivity index (χ4n) is 0.989. The van der Waals surface area contributed by atoms with Gasteiger partial charge in [-0.2, -0.15) is 0 Å². The highest BCUT2D eigenvalue weighted by Gasteiger charge is 2.09. The van der Waals surface area contributed by atoms with Gasteiger partial charge in [-0.05, 0) is 23.4 Å². The quantitative estimate of drug-likeness (QED) is 0.757. The van der Waals surface area contributed by atoms with Crippen molar-refractivity contribution in [2.45, 2.75) is 13.5 Å². The summed E-state index contributed by atoms with van der Waals surface area (Å²) in [6.45, 7) is 2.38. The lowest BCUT2D eigenvalue weighted by atomic mass is 10.3. The van der Waals surface area contributed by atoms with E-state index in [-0.39, 0.29) is 5.91 Å². The Labute approximate surface area is 91.2 Å². The number of nitrogens with zero attached hydrogens (tertiary/aromatic N) is 1. The molecule has 0 unspecified atom stereocenters. The molecule has 14 heavy (non-hydrogen) atoms. The minimum atomic E-state index is -0.238. The number of rotatable bonds is 2. The summed E-state index contributed by atoms with van der Waals surface area (Å²) in [6, 6.07) is 1.86. The normalized spacial score (nSPS) is 9.07. The Hall–Kier alpha value is -1.21. The van der Waals surface area contributed by atoms with Crippen molar-refractivity contribution in [3.8, 4) is 10.8 Å². The van der Waals surface area contributed by atoms with Gasteiger partial charge in [0.05, 0.1) is 12.8 Å². The largest absolute Gasteiger partial charge is 0.467 e. The molecule has 4 heteroatoms. The van der Waals surface area contributed by atoms with Gasteiger partial charge in [0.15, 0.2) is 0 Å². The fourth-order valence-corrected chi connectivity index (χ4v) is 1.16. The zero-order valence-electron chi connectivity index (χ0n) is 8.00. The van der Waals surface area contributed by atoms with Crippen molar-refractivity contribution in [2.24, 2.45) is 0 Å². The van der Waals surface area contributed by atoms with E-state index >= 15 is 0 Å². The van der Waals surface area contributed by atoms with Gasteiger partial charge in [0, 0.05) is 28.9 Å². The standard InChI is InChI=1S/C10H10BrNO2/c1-8-4-6-14-9(8)7-12(2)10(13)3-5-11/h4,6H,7H2,1-2H3. The first-order chi connectivity index (χ1) is 6.65. The average Bonchev–Trinajstić information content (AvgIpc) is 2.52. The number of amides is 1. The molecule has 0 aliphatic rings. The summed E-state index contributed by atoms with van der Waals surface area (Å²) >= 11 is 2.88. The topological polar surface area (TPSA) is 33.5 Å². The Bertz CT molecular complexity index is 386. The zero-order chi connectivity index (χ0) is 10.6. The van der Waals surface area contributed by atoms with Crippen molar-refractivity contribution >= 4 is 21.8 Å². The smallest absolute Gasteiger partial charge is 0.299 e. The van der Waals surface area contributed by atoms with Crippen molar-refractivity contribution in [3.63, 3.8) is 0 Å². The van der Waals surface area contributed by atoms with Crippen LogP contribution in [0.4, 0.5) is 0 Å². The zero-order valence-corrected chi connectivity index (χ0v) is 9.59. The van der Waals surface area contributed by atoms with Gasteiger partial charge in [-0.3, -0.25) is 4.79 Å². The van der Waals surface area contributed by atoms with E-state index in [1.807, 2.05) is 13.0 Å². The lowest BCUT2D eigenvalue weighted by molar-refractivity contribution is -0.124. The molecule has 0 radical (unpaired) electrons. The molecule has 0 atom stereocenters. The van der Waals surface area contributed by atoms with Crippen LogP contribution in [0, 0.1) is 17.7 Å². The highest BCUT2D eigenvalue weighted by Crippen LogP contribution is 2.10.